The Balaban J connectivity index is 1.76. The monoisotopic (exact) mass is 387 g/mol. The first kappa shape index (κ1) is 18.9. The Morgan fingerprint density at radius 2 is 2.11 bits per heavy atom. The van der Waals surface area contributed by atoms with Gasteiger partial charge in [-0.1, -0.05) is 6.92 Å². The van der Waals surface area contributed by atoms with Crippen LogP contribution in [0.1, 0.15) is 49.5 Å². The van der Waals surface area contributed by atoms with E-state index in [0.717, 1.165) is 38.9 Å². The third kappa shape index (κ3) is 3.28. The van der Waals surface area contributed by atoms with Crippen LogP contribution in [-0.2, 0) is 0 Å². The number of hydrogen-bond donors (Lipinski definition) is 2. The summed E-state index contributed by atoms with van der Waals surface area (Å²) in [5, 5.41) is 12.9. The molecule has 4 rings (SSSR count). The molecule has 1 aliphatic carbocycles. The third-order valence-corrected chi connectivity index (χ3v) is 6.07. The summed E-state index contributed by atoms with van der Waals surface area (Å²) in [6.07, 6.45) is 4.29. The zero-order chi connectivity index (χ0) is 20.0. The Hall–Kier alpha value is -2.41. The molecule has 2 atom stereocenters. The van der Waals surface area contributed by atoms with Crippen molar-refractivity contribution >= 4 is 22.6 Å². The highest BCUT2D eigenvalue weighted by atomic mass is 19.1. The quantitative estimate of drug-likeness (QED) is 0.797. The van der Waals surface area contributed by atoms with E-state index >= 15 is 0 Å². The minimum absolute atomic E-state index is 0.143. The van der Waals surface area contributed by atoms with Gasteiger partial charge in [-0.3, -0.25) is 4.79 Å². The number of halogens is 1. The maximum absolute atomic E-state index is 15.0. The highest BCUT2D eigenvalue weighted by Crippen LogP contribution is 2.38. The van der Waals surface area contributed by atoms with Crippen LogP contribution in [-0.4, -0.2) is 41.3 Å². The molecule has 1 saturated carbocycles. The normalized spacial score (nSPS) is 20.7. The molecule has 150 valence electrons. The first-order chi connectivity index (χ1) is 13.4. The van der Waals surface area contributed by atoms with Gasteiger partial charge in [-0.25, -0.2) is 9.18 Å². The number of benzene rings is 1. The van der Waals surface area contributed by atoms with E-state index in [9.17, 15) is 19.1 Å². The van der Waals surface area contributed by atoms with Gasteiger partial charge in [0.2, 0.25) is 5.43 Å². The summed E-state index contributed by atoms with van der Waals surface area (Å²) >= 11 is 0. The van der Waals surface area contributed by atoms with Crippen molar-refractivity contribution in [2.24, 2.45) is 5.92 Å². The van der Waals surface area contributed by atoms with E-state index in [1.807, 2.05) is 9.47 Å². The fraction of sp³-hybridized carbons (Fsp3) is 0.524. The molecule has 0 spiro atoms. The molecule has 0 unspecified atom stereocenters. The number of rotatable bonds is 6. The standard InChI is InChI=1S/C21H26FN3O3/c1-3-23-12(2)13-6-7-24(10-13)19-9-18-15(8-17(19)22)20(26)16(21(27)28)11-25(18)14-4-5-14/h8-9,11-14,23H,3-7,10H2,1-2H3,(H,27,28)/t12-,13+/m0/s1. The molecule has 7 heteroatoms. The van der Waals surface area contributed by atoms with Gasteiger partial charge in [-0.15, -0.1) is 0 Å². The lowest BCUT2D eigenvalue weighted by atomic mass is 10.0. The molecule has 6 nitrogen and oxygen atoms in total. The number of fused-ring (bicyclic) bond motifs is 1. The minimum Gasteiger partial charge on any atom is -0.477 e. The fourth-order valence-corrected chi connectivity index (χ4v) is 4.31. The van der Waals surface area contributed by atoms with E-state index in [1.54, 1.807) is 6.07 Å². The molecule has 2 N–H and O–H groups in total. The first-order valence-electron chi connectivity index (χ1n) is 10.0. The largest absolute Gasteiger partial charge is 0.477 e. The maximum Gasteiger partial charge on any atom is 0.341 e. The van der Waals surface area contributed by atoms with Crippen LogP contribution in [0.3, 0.4) is 0 Å². The molecule has 1 aromatic heterocycles. The average Bonchev–Trinajstić information content (AvgIpc) is 3.38. The van der Waals surface area contributed by atoms with E-state index in [2.05, 4.69) is 19.2 Å². The SMILES string of the molecule is CCN[C@@H](C)[C@@H]1CCN(c2cc3c(cc2F)c(=O)c(C(=O)O)cn3C2CC2)C1. The lowest BCUT2D eigenvalue weighted by molar-refractivity contribution is 0.0695. The molecule has 0 bridgehead atoms. The Labute approximate surface area is 163 Å². The third-order valence-electron chi connectivity index (χ3n) is 6.07. The Morgan fingerprint density at radius 3 is 2.75 bits per heavy atom. The van der Waals surface area contributed by atoms with Crippen molar-refractivity contribution < 1.29 is 14.3 Å². The molecular weight excluding hydrogens is 361 g/mol. The Kier molecular flexibility index (Phi) is 4.87. The summed E-state index contributed by atoms with van der Waals surface area (Å²) in [5.74, 6) is -1.30. The van der Waals surface area contributed by atoms with Gasteiger partial charge in [0.25, 0.3) is 0 Å². The van der Waals surface area contributed by atoms with Crippen molar-refractivity contribution in [2.75, 3.05) is 24.5 Å². The number of anilines is 1. The van der Waals surface area contributed by atoms with E-state index in [4.69, 9.17) is 0 Å². The second-order valence-corrected chi connectivity index (χ2v) is 7.98. The molecule has 1 aromatic carbocycles. The van der Waals surface area contributed by atoms with Crippen LogP contribution in [0.5, 0.6) is 0 Å². The van der Waals surface area contributed by atoms with Gasteiger partial charge in [0.15, 0.2) is 0 Å². The van der Waals surface area contributed by atoms with E-state index < -0.39 is 17.2 Å². The van der Waals surface area contributed by atoms with Crippen LogP contribution < -0.4 is 15.6 Å². The molecule has 2 aliphatic rings. The summed E-state index contributed by atoms with van der Waals surface area (Å²) < 4.78 is 16.8. The molecular formula is C21H26FN3O3. The molecule has 1 saturated heterocycles. The molecule has 2 aromatic rings. The van der Waals surface area contributed by atoms with Gasteiger partial charge in [-0.2, -0.15) is 0 Å². The molecule has 0 radical (unpaired) electrons. The fourth-order valence-electron chi connectivity index (χ4n) is 4.31. The van der Waals surface area contributed by atoms with E-state index in [0.29, 0.717) is 23.2 Å². The molecule has 0 amide bonds. The van der Waals surface area contributed by atoms with Crippen LogP contribution in [0.25, 0.3) is 10.9 Å². The number of aromatic nitrogens is 1. The number of carboxylic acid groups (broad SMARTS) is 1. The average molecular weight is 387 g/mol. The van der Waals surface area contributed by atoms with Gasteiger partial charge in [-0.05, 0) is 50.8 Å². The van der Waals surface area contributed by atoms with Gasteiger partial charge >= 0.3 is 5.97 Å². The van der Waals surface area contributed by atoms with Crippen LogP contribution in [0, 0.1) is 11.7 Å². The number of carboxylic acids is 1. The Morgan fingerprint density at radius 1 is 1.36 bits per heavy atom. The van der Waals surface area contributed by atoms with Gasteiger partial charge in [0.05, 0.1) is 11.2 Å². The second-order valence-electron chi connectivity index (χ2n) is 7.98. The number of aromatic carboxylic acids is 1. The van der Waals surface area contributed by atoms with Crippen LogP contribution in [0.4, 0.5) is 10.1 Å². The van der Waals surface area contributed by atoms with Crippen LogP contribution in [0.2, 0.25) is 0 Å². The zero-order valence-electron chi connectivity index (χ0n) is 16.2. The molecule has 1 aliphatic heterocycles. The van der Waals surface area contributed by atoms with Crippen molar-refractivity contribution in [3.05, 3.63) is 39.9 Å². The summed E-state index contributed by atoms with van der Waals surface area (Å²) in [6.45, 7) is 6.67. The molecule has 28 heavy (non-hydrogen) atoms. The van der Waals surface area contributed by atoms with E-state index in [-0.39, 0.29) is 17.0 Å². The summed E-state index contributed by atoms with van der Waals surface area (Å²) in [5.41, 5.74) is 0.199. The number of carbonyl (C=O) groups is 1. The van der Waals surface area contributed by atoms with Crippen molar-refractivity contribution in [3.63, 3.8) is 0 Å². The highest BCUT2D eigenvalue weighted by molar-refractivity contribution is 5.93. The lowest BCUT2D eigenvalue weighted by Crippen LogP contribution is -2.35. The first-order valence-corrected chi connectivity index (χ1v) is 10.0. The van der Waals surface area contributed by atoms with Crippen LogP contribution >= 0.6 is 0 Å². The predicted molar refractivity (Wildman–Crippen MR) is 107 cm³/mol. The smallest absolute Gasteiger partial charge is 0.341 e. The number of nitrogens with one attached hydrogen (secondary N) is 1. The van der Waals surface area contributed by atoms with E-state index in [1.165, 1.54) is 12.3 Å². The molecule has 2 fully saturated rings. The van der Waals surface area contributed by atoms with Gasteiger partial charge < -0.3 is 19.9 Å². The zero-order valence-corrected chi connectivity index (χ0v) is 16.2. The van der Waals surface area contributed by atoms with Gasteiger partial charge in [0, 0.05) is 36.8 Å². The highest BCUT2D eigenvalue weighted by Gasteiger charge is 2.31. The van der Waals surface area contributed by atoms with Crippen molar-refractivity contribution in [1.29, 1.82) is 0 Å². The second kappa shape index (κ2) is 7.20. The summed E-state index contributed by atoms with van der Waals surface area (Å²) in [7, 11) is 0. The topological polar surface area (TPSA) is 74.6 Å². The predicted octanol–water partition coefficient (Wildman–Crippen LogP) is 3.00. The van der Waals surface area contributed by atoms with Crippen LogP contribution in [0.15, 0.2) is 23.1 Å². The molecule has 2 heterocycles. The van der Waals surface area contributed by atoms with Gasteiger partial charge in [0.1, 0.15) is 11.4 Å². The summed E-state index contributed by atoms with van der Waals surface area (Å²) in [6, 6.07) is 3.50. The minimum atomic E-state index is -1.27. The maximum atomic E-state index is 15.0. The number of hydrogen-bond acceptors (Lipinski definition) is 4. The number of nitrogens with zero attached hydrogens (tertiary/aromatic N) is 2. The summed E-state index contributed by atoms with van der Waals surface area (Å²) in [4.78, 5) is 26.1. The lowest BCUT2D eigenvalue weighted by Gasteiger charge is -2.23. The van der Waals surface area contributed by atoms with Crippen molar-refractivity contribution in [1.82, 2.24) is 9.88 Å². The van der Waals surface area contributed by atoms with Crippen molar-refractivity contribution in [2.45, 2.75) is 45.2 Å². The number of pyridine rings is 1. The van der Waals surface area contributed by atoms with Crippen molar-refractivity contribution in [3.8, 4) is 0 Å². The Bertz CT molecular complexity index is 983.